The molecule has 0 fully saturated rings. The van der Waals surface area contributed by atoms with E-state index in [9.17, 15) is 9.90 Å². The Morgan fingerprint density at radius 2 is 1.64 bits per heavy atom. The van der Waals surface area contributed by atoms with Crippen LogP contribution < -0.4 is 11.1 Å². The zero-order valence-electron chi connectivity index (χ0n) is 21.9. The first-order valence-corrected chi connectivity index (χ1v) is 12.6. The van der Waals surface area contributed by atoms with Gasteiger partial charge in [-0.2, -0.15) is 0 Å². The number of hydrogen-bond donors (Lipinski definition) is 3. The summed E-state index contributed by atoms with van der Waals surface area (Å²) < 4.78 is 16.1. The number of benzene rings is 1. The van der Waals surface area contributed by atoms with Crippen LogP contribution >= 0.6 is 0 Å². The first-order chi connectivity index (χ1) is 19.0. The Kier molecular flexibility index (Phi) is 12.0. The van der Waals surface area contributed by atoms with E-state index in [1.54, 1.807) is 30.6 Å². The summed E-state index contributed by atoms with van der Waals surface area (Å²) in [6.07, 6.45) is 4.07. The van der Waals surface area contributed by atoms with Crippen molar-refractivity contribution < 1.29 is 24.1 Å². The minimum absolute atomic E-state index is 0.177. The molecule has 0 saturated carbocycles. The fourth-order valence-electron chi connectivity index (χ4n) is 3.84. The number of nitrogens with zero attached hydrogens (tertiary/aromatic N) is 5. The number of nitrogens with one attached hydrogen (secondary N) is 1. The SMILES string of the molecule is CCc1c(-c2ccc(C(=O)NCCOCCOCCOCCN=[N+]=[N-])nc2)cnc(N)c1-c1ccc(O)cc1. The first-order valence-electron chi connectivity index (χ1n) is 12.6. The number of pyridine rings is 2. The number of ether oxygens (including phenoxy) is 3. The van der Waals surface area contributed by atoms with E-state index >= 15 is 0 Å². The van der Waals surface area contributed by atoms with Crippen molar-refractivity contribution in [1.82, 2.24) is 15.3 Å². The molecule has 0 bridgehead atoms. The van der Waals surface area contributed by atoms with Crippen LogP contribution in [0.1, 0.15) is 23.0 Å². The number of hydrogen-bond acceptors (Lipinski definition) is 9. The summed E-state index contributed by atoms with van der Waals surface area (Å²) in [7, 11) is 0. The lowest BCUT2D eigenvalue weighted by molar-refractivity contribution is 0.0166. The monoisotopic (exact) mass is 535 g/mol. The fourth-order valence-corrected chi connectivity index (χ4v) is 3.84. The highest BCUT2D eigenvalue weighted by Gasteiger charge is 2.16. The van der Waals surface area contributed by atoms with Crippen molar-refractivity contribution in [2.45, 2.75) is 13.3 Å². The number of nitrogen functional groups attached to an aromatic ring is 1. The number of amides is 1. The van der Waals surface area contributed by atoms with Crippen LogP contribution in [0.25, 0.3) is 32.7 Å². The van der Waals surface area contributed by atoms with Gasteiger partial charge >= 0.3 is 0 Å². The molecule has 12 nitrogen and oxygen atoms in total. The third-order valence-electron chi connectivity index (χ3n) is 5.71. The van der Waals surface area contributed by atoms with E-state index in [4.69, 9.17) is 25.5 Å². The van der Waals surface area contributed by atoms with Gasteiger partial charge in [0.2, 0.25) is 0 Å². The van der Waals surface area contributed by atoms with Gasteiger partial charge in [0, 0.05) is 47.1 Å². The van der Waals surface area contributed by atoms with Crippen molar-refractivity contribution >= 4 is 11.7 Å². The Bertz CT molecular complexity index is 1250. The summed E-state index contributed by atoms with van der Waals surface area (Å²) >= 11 is 0. The Hall–Kier alpha value is -4.22. The second-order valence-corrected chi connectivity index (χ2v) is 8.29. The van der Waals surface area contributed by atoms with Gasteiger partial charge in [0.05, 0.1) is 39.6 Å². The highest BCUT2D eigenvalue weighted by atomic mass is 16.5. The molecule has 0 spiro atoms. The van der Waals surface area contributed by atoms with Gasteiger partial charge in [-0.3, -0.25) is 9.78 Å². The van der Waals surface area contributed by atoms with Crippen molar-refractivity contribution in [2.24, 2.45) is 5.11 Å². The molecule has 0 atom stereocenters. The summed E-state index contributed by atoms with van der Waals surface area (Å²) in [4.78, 5) is 23.9. The molecule has 39 heavy (non-hydrogen) atoms. The minimum atomic E-state index is -0.296. The standard InChI is InChI=1S/C27H33N7O5/c1-2-22-23(18-32-26(28)25(22)19-3-6-21(35)7-4-19)20-5-8-24(31-17-20)27(36)30-9-11-37-13-15-39-16-14-38-12-10-33-34-29/h3-8,17-18,35H,2,9-16H2,1H3,(H2,28,32)(H,30,36). The van der Waals surface area contributed by atoms with Crippen molar-refractivity contribution in [2.75, 3.05) is 58.5 Å². The number of carbonyl (C=O) groups is 1. The smallest absolute Gasteiger partial charge is 0.269 e. The van der Waals surface area contributed by atoms with Crippen LogP contribution in [-0.2, 0) is 20.6 Å². The molecule has 1 aromatic carbocycles. The summed E-state index contributed by atoms with van der Waals surface area (Å²) in [6.45, 7) is 5.01. The van der Waals surface area contributed by atoms with Gasteiger partial charge in [-0.1, -0.05) is 30.2 Å². The van der Waals surface area contributed by atoms with Crippen LogP contribution in [-0.4, -0.2) is 73.7 Å². The second-order valence-electron chi connectivity index (χ2n) is 8.29. The number of phenols is 1. The summed E-state index contributed by atoms with van der Waals surface area (Å²) in [5.74, 6) is 0.290. The molecule has 0 saturated heterocycles. The van der Waals surface area contributed by atoms with Crippen molar-refractivity contribution in [3.63, 3.8) is 0 Å². The molecular weight excluding hydrogens is 502 g/mol. The molecular formula is C27H33N7O5. The first kappa shape index (κ1) is 29.3. The number of rotatable bonds is 16. The fraction of sp³-hybridized carbons (Fsp3) is 0.370. The van der Waals surface area contributed by atoms with E-state index in [0.29, 0.717) is 70.7 Å². The maximum atomic E-state index is 12.5. The van der Waals surface area contributed by atoms with Crippen LogP contribution in [0, 0.1) is 0 Å². The van der Waals surface area contributed by atoms with Crippen LogP contribution in [0.15, 0.2) is 53.9 Å². The maximum Gasteiger partial charge on any atom is 0.269 e. The summed E-state index contributed by atoms with van der Waals surface area (Å²) in [5, 5.41) is 15.8. The van der Waals surface area contributed by atoms with Gasteiger partial charge in [0.1, 0.15) is 17.3 Å². The van der Waals surface area contributed by atoms with E-state index in [1.165, 1.54) is 0 Å². The van der Waals surface area contributed by atoms with Crippen molar-refractivity contribution in [3.05, 3.63) is 70.5 Å². The topological polar surface area (TPSA) is 178 Å². The third kappa shape index (κ3) is 8.94. The molecule has 12 heteroatoms. The lowest BCUT2D eigenvalue weighted by Gasteiger charge is -2.16. The zero-order valence-corrected chi connectivity index (χ0v) is 21.9. The quantitative estimate of drug-likeness (QED) is 0.107. The molecule has 2 heterocycles. The molecule has 206 valence electrons. The van der Waals surface area contributed by atoms with E-state index in [0.717, 1.165) is 27.8 Å². The van der Waals surface area contributed by atoms with Crippen molar-refractivity contribution in [3.8, 4) is 28.0 Å². The molecule has 0 aliphatic rings. The second kappa shape index (κ2) is 15.9. The number of azide groups is 1. The Morgan fingerprint density at radius 1 is 0.974 bits per heavy atom. The normalized spacial score (nSPS) is 10.7. The highest BCUT2D eigenvalue weighted by molar-refractivity contribution is 5.92. The van der Waals surface area contributed by atoms with Gasteiger partial charge in [0.15, 0.2) is 0 Å². The Balaban J connectivity index is 1.46. The maximum absolute atomic E-state index is 12.5. The Morgan fingerprint density at radius 3 is 2.28 bits per heavy atom. The van der Waals surface area contributed by atoms with Gasteiger partial charge in [0.25, 0.3) is 5.91 Å². The molecule has 3 aromatic rings. The third-order valence-corrected chi connectivity index (χ3v) is 5.71. The van der Waals surface area contributed by atoms with Crippen LogP contribution in [0.2, 0.25) is 0 Å². The average Bonchev–Trinajstić information content (AvgIpc) is 2.96. The number of anilines is 1. The van der Waals surface area contributed by atoms with Gasteiger partial charge < -0.3 is 30.4 Å². The molecule has 4 N–H and O–H groups in total. The number of aromatic hydroxyl groups is 1. The van der Waals surface area contributed by atoms with Crippen LogP contribution in [0.4, 0.5) is 5.82 Å². The summed E-state index contributed by atoms with van der Waals surface area (Å²) in [6, 6.07) is 10.4. The van der Waals surface area contributed by atoms with E-state index in [1.807, 2.05) is 25.1 Å². The van der Waals surface area contributed by atoms with Crippen LogP contribution in [0.5, 0.6) is 5.75 Å². The van der Waals surface area contributed by atoms with Crippen LogP contribution in [0.3, 0.4) is 0 Å². The van der Waals surface area contributed by atoms with E-state index in [2.05, 4.69) is 25.3 Å². The van der Waals surface area contributed by atoms with E-state index in [-0.39, 0.29) is 11.7 Å². The highest BCUT2D eigenvalue weighted by Crippen LogP contribution is 2.36. The lowest BCUT2D eigenvalue weighted by atomic mass is 9.92. The van der Waals surface area contributed by atoms with Gasteiger partial charge in [-0.05, 0) is 41.3 Å². The number of phenolic OH excluding ortho intramolecular Hbond substituents is 1. The van der Waals surface area contributed by atoms with Crippen molar-refractivity contribution in [1.29, 1.82) is 0 Å². The predicted octanol–water partition coefficient (Wildman–Crippen LogP) is 3.75. The molecule has 0 aliphatic carbocycles. The molecule has 1 amide bonds. The molecule has 0 aliphatic heterocycles. The number of aromatic nitrogens is 2. The lowest BCUT2D eigenvalue weighted by Crippen LogP contribution is -2.28. The number of carbonyl (C=O) groups excluding carboxylic acids is 1. The molecule has 2 aromatic heterocycles. The summed E-state index contributed by atoms with van der Waals surface area (Å²) in [5.41, 5.74) is 19.1. The van der Waals surface area contributed by atoms with Gasteiger partial charge in [-0.15, -0.1) is 0 Å². The predicted molar refractivity (Wildman–Crippen MR) is 147 cm³/mol. The molecule has 3 rings (SSSR count). The average molecular weight is 536 g/mol. The van der Waals surface area contributed by atoms with E-state index < -0.39 is 0 Å². The Labute approximate surface area is 226 Å². The minimum Gasteiger partial charge on any atom is -0.508 e. The number of nitrogens with two attached hydrogens (primary N) is 1. The molecule has 0 radical (unpaired) electrons. The molecule has 0 unspecified atom stereocenters. The van der Waals surface area contributed by atoms with Gasteiger partial charge in [-0.25, -0.2) is 4.98 Å². The largest absolute Gasteiger partial charge is 0.508 e. The zero-order chi connectivity index (χ0) is 27.9.